The minimum absolute atomic E-state index is 0.0612. The number of hydrogen-bond donors (Lipinski definition) is 2. The molecule has 0 saturated carbocycles. The normalized spacial score (nSPS) is 18.0. The zero-order valence-corrected chi connectivity index (χ0v) is 13.1. The van der Waals surface area contributed by atoms with E-state index >= 15 is 0 Å². The van der Waals surface area contributed by atoms with Gasteiger partial charge in [0.1, 0.15) is 5.82 Å². The molecule has 1 atom stereocenters. The Morgan fingerprint density at radius 3 is 2.90 bits per heavy atom. The van der Waals surface area contributed by atoms with Crippen molar-refractivity contribution in [2.45, 2.75) is 45.6 Å². The summed E-state index contributed by atoms with van der Waals surface area (Å²) >= 11 is 0. The average Bonchev–Trinajstić information content (AvgIpc) is 2.98. The largest absolute Gasteiger partial charge is 0.376 e. The lowest BCUT2D eigenvalue weighted by Crippen LogP contribution is -2.32. The van der Waals surface area contributed by atoms with Gasteiger partial charge in [0.15, 0.2) is 0 Å². The van der Waals surface area contributed by atoms with Gasteiger partial charge in [-0.3, -0.25) is 4.79 Å². The molecule has 1 aromatic rings. The summed E-state index contributed by atoms with van der Waals surface area (Å²) in [7, 11) is 0. The molecule has 0 radical (unpaired) electrons. The van der Waals surface area contributed by atoms with Crippen molar-refractivity contribution in [1.29, 1.82) is 0 Å². The molecule has 116 valence electrons. The smallest absolute Gasteiger partial charge is 0.251 e. The molecule has 0 spiro atoms. The van der Waals surface area contributed by atoms with Crippen LogP contribution in [-0.2, 0) is 4.74 Å². The molecule has 2 N–H and O–H groups in total. The van der Waals surface area contributed by atoms with E-state index in [0.717, 1.165) is 37.5 Å². The van der Waals surface area contributed by atoms with Gasteiger partial charge in [0.05, 0.1) is 6.10 Å². The van der Waals surface area contributed by atoms with Crippen LogP contribution in [0.1, 0.15) is 55.6 Å². The van der Waals surface area contributed by atoms with Crippen molar-refractivity contribution < 1.29 is 9.53 Å². The molecule has 1 unspecified atom stereocenters. The lowest BCUT2D eigenvalue weighted by atomic mass is 10.1. The van der Waals surface area contributed by atoms with Crippen LogP contribution in [-0.4, -0.2) is 36.7 Å². The van der Waals surface area contributed by atoms with Gasteiger partial charge >= 0.3 is 0 Å². The summed E-state index contributed by atoms with van der Waals surface area (Å²) in [6.07, 6.45) is 2.27. The first-order chi connectivity index (χ1) is 10.1. The molecule has 2 rings (SSSR count). The summed E-state index contributed by atoms with van der Waals surface area (Å²) < 4.78 is 5.52. The fourth-order valence-corrected chi connectivity index (χ4v) is 2.36. The summed E-state index contributed by atoms with van der Waals surface area (Å²) in [4.78, 5) is 16.8. The topological polar surface area (TPSA) is 63.2 Å². The molecular weight excluding hydrogens is 266 g/mol. The maximum Gasteiger partial charge on any atom is 0.251 e. The summed E-state index contributed by atoms with van der Waals surface area (Å²) in [6.45, 7) is 8.33. The minimum atomic E-state index is -0.0612. The number of pyridine rings is 1. The van der Waals surface area contributed by atoms with Crippen molar-refractivity contribution >= 4 is 11.7 Å². The van der Waals surface area contributed by atoms with Crippen molar-refractivity contribution in [3.05, 3.63) is 23.4 Å². The Hall–Kier alpha value is -1.62. The van der Waals surface area contributed by atoms with E-state index in [2.05, 4.69) is 29.5 Å². The van der Waals surface area contributed by atoms with E-state index in [9.17, 15) is 4.79 Å². The van der Waals surface area contributed by atoms with Crippen LogP contribution in [0.15, 0.2) is 12.1 Å². The molecule has 0 bridgehead atoms. The van der Waals surface area contributed by atoms with Crippen molar-refractivity contribution in [3.63, 3.8) is 0 Å². The minimum Gasteiger partial charge on any atom is -0.376 e. The van der Waals surface area contributed by atoms with Crippen LogP contribution in [0.25, 0.3) is 0 Å². The van der Waals surface area contributed by atoms with Crippen molar-refractivity contribution in [2.75, 3.05) is 25.0 Å². The number of rotatable bonds is 6. The second-order valence-corrected chi connectivity index (χ2v) is 5.70. The zero-order chi connectivity index (χ0) is 15.2. The number of aromatic nitrogens is 1. The van der Waals surface area contributed by atoms with Crippen LogP contribution in [0.5, 0.6) is 0 Å². The molecule has 1 aliphatic rings. The standard InChI is InChI=1S/C16H25N3O2/c1-4-17-15-9-12(8-14(19-15)11(2)3)16(20)18-10-13-6-5-7-21-13/h8-9,11,13H,4-7,10H2,1-3H3,(H,17,19)(H,18,20). The van der Waals surface area contributed by atoms with Crippen molar-refractivity contribution in [3.8, 4) is 0 Å². The maximum atomic E-state index is 12.3. The maximum absolute atomic E-state index is 12.3. The highest BCUT2D eigenvalue weighted by atomic mass is 16.5. The summed E-state index contributed by atoms with van der Waals surface area (Å²) in [6, 6.07) is 3.68. The van der Waals surface area contributed by atoms with E-state index in [1.165, 1.54) is 0 Å². The second-order valence-electron chi connectivity index (χ2n) is 5.70. The Labute approximate surface area is 126 Å². The fourth-order valence-electron chi connectivity index (χ4n) is 2.36. The highest BCUT2D eigenvalue weighted by molar-refractivity contribution is 5.95. The highest BCUT2D eigenvalue weighted by Gasteiger charge is 2.17. The van der Waals surface area contributed by atoms with Crippen LogP contribution < -0.4 is 10.6 Å². The molecule has 0 aliphatic carbocycles. The van der Waals surface area contributed by atoms with E-state index in [0.29, 0.717) is 12.1 Å². The third-order valence-electron chi connectivity index (χ3n) is 3.57. The molecule has 21 heavy (non-hydrogen) atoms. The van der Waals surface area contributed by atoms with Gasteiger partial charge in [-0.05, 0) is 37.8 Å². The predicted octanol–water partition coefficient (Wildman–Crippen LogP) is 2.55. The molecule has 0 aromatic carbocycles. The number of anilines is 1. The van der Waals surface area contributed by atoms with E-state index < -0.39 is 0 Å². The van der Waals surface area contributed by atoms with Gasteiger partial charge in [0, 0.05) is 31.0 Å². The summed E-state index contributed by atoms with van der Waals surface area (Å²) in [5, 5.41) is 6.14. The summed E-state index contributed by atoms with van der Waals surface area (Å²) in [5.41, 5.74) is 1.58. The molecule has 1 saturated heterocycles. The van der Waals surface area contributed by atoms with Gasteiger partial charge in [-0.15, -0.1) is 0 Å². The lowest BCUT2D eigenvalue weighted by Gasteiger charge is -2.14. The monoisotopic (exact) mass is 291 g/mol. The number of ether oxygens (including phenoxy) is 1. The summed E-state index contributed by atoms with van der Waals surface area (Å²) in [5.74, 6) is 0.980. The first kappa shape index (κ1) is 15.8. The Kier molecular flexibility index (Phi) is 5.56. The van der Waals surface area contributed by atoms with E-state index in [-0.39, 0.29) is 17.9 Å². The predicted molar refractivity (Wildman–Crippen MR) is 83.8 cm³/mol. The van der Waals surface area contributed by atoms with Gasteiger partial charge in [0.25, 0.3) is 5.91 Å². The quantitative estimate of drug-likeness (QED) is 0.845. The first-order valence-electron chi connectivity index (χ1n) is 7.75. The van der Waals surface area contributed by atoms with Gasteiger partial charge < -0.3 is 15.4 Å². The van der Waals surface area contributed by atoms with Gasteiger partial charge in [-0.2, -0.15) is 0 Å². The zero-order valence-electron chi connectivity index (χ0n) is 13.1. The third kappa shape index (κ3) is 4.43. The second kappa shape index (κ2) is 7.41. The fraction of sp³-hybridized carbons (Fsp3) is 0.625. The number of carbonyl (C=O) groups is 1. The number of amides is 1. The molecular formula is C16H25N3O2. The van der Waals surface area contributed by atoms with Crippen LogP contribution in [0.3, 0.4) is 0 Å². The lowest BCUT2D eigenvalue weighted by molar-refractivity contribution is 0.0857. The Bertz CT molecular complexity index is 482. The van der Waals surface area contributed by atoms with Crippen LogP contribution in [0, 0.1) is 0 Å². The van der Waals surface area contributed by atoms with Crippen LogP contribution in [0.4, 0.5) is 5.82 Å². The Morgan fingerprint density at radius 2 is 2.29 bits per heavy atom. The molecule has 1 aliphatic heterocycles. The van der Waals surface area contributed by atoms with Crippen molar-refractivity contribution in [1.82, 2.24) is 10.3 Å². The van der Waals surface area contributed by atoms with E-state index in [4.69, 9.17) is 4.74 Å². The Morgan fingerprint density at radius 1 is 1.48 bits per heavy atom. The molecule has 5 heteroatoms. The first-order valence-corrected chi connectivity index (χ1v) is 7.75. The number of hydrogen-bond acceptors (Lipinski definition) is 4. The van der Waals surface area contributed by atoms with Gasteiger partial charge in [0.2, 0.25) is 0 Å². The average molecular weight is 291 g/mol. The number of nitrogens with one attached hydrogen (secondary N) is 2. The molecule has 2 heterocycles. The van der Waals surface area contributed by atoms with E-state index in [1.54, 1.807) is 6.07 Å². The molecule has 1 amide bonds. The molecule has 1 fully saturated rings. The van der Waals surface area contributed by atoms with E-state index in [1.807, 2.05) is 13.0 Å². The van der Waals surface area contributed by atoms with Crippen molar-refractivity contribution in [2.24, 2.45) is 0 Å². The third-order valence-corrected chi connectivity index (χ3v) is 3.57. The SMILES string of the molecule is CCNc1cc(C(=O)NCC2CCCO2)cc(C(C)C)n1. The molecule has 1 aromatic heterocycles. The van der Waals surface area contributed by atoms with Gasteiger partial charge in [-0.25, -0.2) is 4.98 Å². The Balaban J connectivity index is 2.06. The van der Waals surface area contributed by atoms with Crippen LogP contribution >= 0.6 is 0 Å². The highest BCUT2D eigenvalue weighted by Crippen LogP contribution is 2.18. The van der Waals surface area contributed by atoms with Crippen LogP contribution in [0.2, 0.25) is 0 Å². The van der Waals surface area contributed by atoms with Gasteiger partial charge in [-0.1, -0.05) is 13.8 Å². The number of carbonyl (C=O) groups excluding carboxylic acids is 1. The molecule has 5 nitrogen and oxygen atoms in total. The number of nitrogens with zero attached hydrogens (tertiary/aromatic N) is 1.